The van der Waals surface area contributed by atoms with Crippen molar-refractivity contribution in [2.45, 2.75) is 0 Å². The van der Waals surface area contributed by atoms with Gasteiger partial charge in [-0.25, -0.2) is 0 Å². The molecule has 0 heterocycles. The minimum Gasteiger partial charge on any atom is -0.497 e. The first kappa shape index (κ1) is 5.91. The summed E-state index contributed by atoms with van der Waals surface area (Å²) in [6.07, 6.45) is 0. The lowest BCUT2D eigenvalue weighted by Gasteiger charge is -2.06. The molecule has 0 saturated carbocycles. The normalized spacial score (nSPS) is 13.1. The second-order valence-corrected chi connectivity index (χ2v) is 2.78. The van der Waals surface area contributed by atoms with Crippen molar-refractivity contribution >= 4 is 10.8 Å². The maximum Gasteiger partial charge on any atom is 0.126 e. The van der Waals surface area contributed by atoms with Gasteiger partial charge in [0.1, 0.15) is 11.5 Å². The molecule has 0 N–H and O–H groups in total. The molecule has 0 unspecified atom stereocenters. The van der Waals surface area contributed by atoms with Gasteiger partial charge in [0.2, 0.25) is 0 Å². The van der Waals surface area contributed by atoms with Crippen LogP contribution in [0.2, 0.25) is 0 Å². The van der Waals surface area contributed by atoms with Gasteiger partial charge in [0.15, 0.2) is 0 Å². The lowest BCUT2D eigenvalue weighted by Crippen LogP contribution is -1.86. The molecule has 2 nitrogen and oxygen atoms in total. The zero-order valence-electron chi connectivity index (χ0n) is 11.0. The van der Waals surface area contributed by atoms with Crippen LogP contribution >= 0.6 is 0 Å². The Bertz CT molecular complexity index is 582. The van der Waals surface area contributed by atoms with Crippen molar-refractivity contribution < 1.29 is 13.6 Å². The highest BCUT2D eigenvalue weighted by atomic mass is 16.5. The fraction of sp³-hybridized carbons (Fsp3) is 0.167. The van der Waals surface area contributed by atoms with Crippen LogP contribution in [-0.2, 0) is 0 Å². The van der Waals surface area contributed by atoms with Crippen LogP contribution in [0.25, 0.3) is 10.8 Å². The third-order valence-electron chi connectivity index (χ3n) is 2.01. The van der Waals surface area contributed by atoms with Crippen molar-refractivity contribution in [3.63, 3.8) is 0 Å². The molecule has 0 aliphatic heterocycles. The topological polar surface area (TPSA) is 18.5 Å². The van der Waals surface area contributed by atoms with Gasteiger partial charge in [0, 0.05) is 5.39 Å². The summed E-state index contributed by atoms with van der Waals surface area (Å²) in [6.45, 7) is 0. The molecule has 0 atom stereocenters. The number of fused-ring (bicyclic) bond motifs is 1. The Morgan fingerprint density at radius 1 is 1.14 bits per heavy atom. The largest absolute Gasteiger partial charge is 0.497 e. The molecule has 0 aliphatic rings. The van der Waals surface area contributed by atoms with Gasteiger partial charge in [-0.1, -0.05) is 12.1 Å². The molecule has 0 aromatic heterocycles. The molecule has 2 heteroatoms. The summed E-state index contributed by atoms with van der Waals surface area (Å²) in [7, 11) is 2.96. The van der Waals surface area contributed by atoms with E-state index in [2.05, 4.69) is 0 Å². The summed E-state index contributed by atoms with van der Waals surface area (Å²) in [4.78, 5) is 0. The zero-order chi connectivity index (χ0) is 12.6. The van der Waals surface area contributed by atoms with E-state index in [1.54, 1.807) is 12.1 Å². The maximum atomic E-state index is 7.96. The number of ether oxygens (including phenoxy) is 2. The highest BCUT2D eigenvalue weighted by Crippen LogP contribution is 2.28. The molecule has 0 saturated heterocycles. The Labute approximate surface area is 87.3 Å². The number of methoxy groups -OCH3 is 2. The van der Waals surface area contributed by atoms with E-state index in [9.17, 15) is 0 Å². The SMILES string of the molecule is [2H]c1cc([2H])c2c([2H])c(OC)ccc2c1OC. The third-order valence-corrected chi connectivity index (χ3v) is 2.01. The summed E-state index contributed by atoms with van der Waals surface area (Å²) in [5, 5.41) is 1.04. The minimum atomic E-state index is 0.134. The van der Waals surface area contributed by atoms with E-state index in [-0.39, 0.29) is 18.1 Å². The molecule has 2 aromatic rings. The lowest BCUT2D eigenvalue weighted by atomic mass is 10.1. The van der Waals surface area contributed by atoms with Crippen molar-refractivity contribution in [2.24, 2.45) is 0 Å². The molecule has 72 valence electrons. The number of hydrogen-bond acceptors (Lipinski definition) is 2. The Kier molecular flexibility index (Phi) is 1.51. The van der Waals surface area contributed by atoms with Crippen LogP contribution < -0.4 is 9.47 Å². The summed E-state index contributed by atoms with van der Waals surface area (Å²) in [6, 6.07) is 5.16. The predicted molar refractivity (Wildman–Crippen MR) is 57.1 cm³/mol. The molecule has 14 heavy (non-hydrogen) atoms. The summed E-state index contributed by atoms with van der Waals surface area (Å²) in [5.41, 5.74) is 0. The summed E-state index contributed by atoms with van der Waals surface area (Å²) < 4.78 is 33.7. The Morgan fingerprint density at radius 3 is 2.71 bits per heavy atom. The Hall–Kier alpha value is -1.70. The number of hydrogen-bond donors (Lipinski definition) is 0. The summed E-state index contributed by atoms with van der Waals surface area (Å²) in [5.74, 6) is 0.790. The van der Waals surface area contributed by atoms with E-state index in [0.717, 1.165) is 0 Å². The van der Waals surface area contributed by atoms with Gasteiger partial charge in [0.25, 0.3) is 0 Å². The van der Waals surface area contributed by atoms with Gasteiger partial charge in [-0.2, -0.15) is 0 Å². The Balaban J connectivity index is 2.92. The summed E-state index contributed by atoms with van der Waals surface area (Å²) >= 11 is 0. The quantitative estimate of drug-likeness (QED) is 0.726. The van der Waals surface area contributed by atoms with Gasteiger partial charge in [-0.15, -0.1) is 0 Å². The molecule has 0 radical (unpaired) electrons. The standard InChI is InChI=1S/C12H12O2/c1-13-10-6-7-11-9(8-10)4-3-5-12(11)14-2/h3-8H,1-2H3/i4D,5D,8D. The molecule has 0 bridgehead atoms. The highest BCUT2D eigenvalue weighted by Gasteiger charge is 2.01. The molecular formula is C12H12O2. The third kappa shape index (κ3) is 1.39. The zero-order valence-corrected chi connectivity index (χ0v) is 8.05. The van der Waals surface area contributed by atoms with E-state index in [1.807, 2.05) is 0 Å². The molecular weight excluding hydrogens is 176 g/mol. The number of rotatable bonds is 2. The fourth-order valence-corrected chi connectivity index (χ4v) is 1.32. The maximum absolute atomic E-state index is 7.96. The fourth-order valence-electron chi connectivity index (χ4n) is 1.32. The van der Waals surface area contributed by atoms with Gasteiger partial charge >= 0.3 is 0 Å². The Morgan fingerprint density at radius 2 is 2.00 bits per heavy atom. The molecule has 0 spiro atoms. The van der Waals surface area contributed by atoms with Crippen molar-refractivity contribution in [1.82, 2.24) is 0 Å². The number of benzene rings is 2. The first-order chi connectivity index (χ1) is 8.10. The van der Waals surface area contributed by atoms with E-state index in [0.29, 0.717) is 22.3 Å². The first-order valence-electron chi connectivity index (χ1n) is 5.71. The van der Waals surface area contributed by atoms with Crippen LogP contribution in [0.1, 0.15) is 4.11 Å². The molecule has 2 aromatic carbocycles. The second kappa shape index (κ2) is 3.58. The average Bonchev–Trinajstić information content (AvgIpc) is 2.29. The monoisotopic (exact) mass is 191 g/mol. The van der Waals surface area contributed by atoms with Crippen molar-refractivity contribution in [3.8, 4) is 11.5 Å². The van der Waals surface area contributed by atoms with Gasteiger partial charge in [-0.3, -0.25) is 0 Å². The highest BCUT2D eigenvalue weighted by molar-refractivity contribution is 5.89. The van der Waals surface area contributed by atoms with Crippen LogP contribution in [0.4, 0.5) is 0 Å². The smallest absolute Gasteiger partial charge is 0.126 e. The lowest BCUT2D eigenvalue weighted by molar-refractivity contribution is 0.414. The second-order valence-electron chi connectivity index (χ2n) is 2.78. The van der Waals surface area contributed by atoms with Gasteiger partial charge in [0.05, 0.1) is 18.3 Å². The van der Waals surface area contributed by atoms with Gasteiger partial charge in [-0.05, 0) is 29.6 Å². The van der Waals surface area contributed by atoms with Crippen LogP contribution in [0.5, 0.6) is 11.5 Å². The van der Waals surface area contributed by atoms with E-state index < -0.39 is 0 Å². The van der Waals surface area contributed by atoms with Crippen LogP contribution in [0.3, 0.4) is 0 Å². The molecule has 0 fully saturated rings. The first-order valence-corrected chi connectivity index (χ1v) is 4.21. The van der Waals surface area contributed by atoms with E-state index in [1.165, 1.54) is 20.3 Å². The van der Waals surface area contributed by atoms with Crippen LogP contribution in [-0.4, -0.2) is 14.2 Å². The van der Waals surface area contributed by atoms with Gasteiger partial charge < -0.3 is 9.47 Å². The molecule has 0 amide bonds. The molecule has 2 rings (SSSR count). The van der Waals surface area contributed by atoms with Crippen molar-refractivity contribution in [1.29, 1.82) is 0 Å². The van der Waals surface area contributed by atoms with E-state index in [4.69, 9.17) is 13.6 Å². The van der Waals surface area contributed by atoms with E-state index >= 15 is 0 Å². The van der Waals surface area contributed by atoms with Crippen LogP contribution in [0, 0.1) is 0 Å². The van der Waals surface area contributed by atoms with Crippen LogP contribution in [0.15, 0.2) is 36.3 Å². The van der Waals surface area contributed by atoms with Crippen molar-refractivity contribution in [3.05, 3.63) is 36.3 Å². The average molecular weight is 191 g/mol. The predicted octanol–water partition coefficient (Wildman–Crippen LogP) is 2.86. The van der Waals surface area contributed by atoms with Crippen molar-refractivity contribution in [2.75, 3.05) is 14.2 Å². The minimum absolute atomic E-state index is 0.134. The molecule has 0 aliphatic carbocycles.